The number of ether oxygens (including phenoxy) is 2. The lowest BCUT2D eigenvalue weighted by Crippen LogP contribution is -2.33. The van der Waals surface area contributed by atoms with Gasteiger partial charge in [-0.1, -0.05) is 36.4 Å². The van der Waals surface area contributed by atoms with E-state index < -0.39 is 13.3 Å². The molecule has 1 N–H and O–H groups in total. The van der Waals surface area contributed by atoms with E-state index in [-0.39, 0.29) is 24.1 Å². The van der Waals surface area contributed by atoms with Crippen LogP contribution in [0.5, 0.6) is 11.5 Å². The molecule has 10 heteroatoms. The van der Waals surface area contributed by atoms with Crippen LogP contribution < -0.4 is 14.8 Å². The number of nitrogens with one attached hydrogen (secondary N) is 1. The predicted molar refractivity (Wildman–Crippen MR) is 196 cm³/mol. The first-order chi connectivity index (χ1) is 25.2. The van der Waals surface area contributed by atoms with Crippen LogP contribution in [-0.4, -0.2) is 75.7 Å². The third-order valence-corrected chi connectivity index (χ3v) is 9.36. The SMILES string of the molecule is CN(C)CCNCC1=C(c2ccc(F)cc2)c2cc(CF)ccc2OC1.O=C(C1=C(c2ccc(F)cc2)c2cc(CF)ccc2OC1)N1CCCC1. The topological polar surface area (TPSA) is 54.0 Å². The molecule has 7 rings (SSSR count). The van der Waals surface area contributed by atoms with Gasteiger partial charge >= 0.3 is 0 Å². The summed E-state index contributed by atoms with van der Waals surface area (Å²) in [5, 5.41) is 3.43. The first-order valence-electron chi connectivity index (χ1n) is 17.5. The second-order valence-electron chi connectivity index (χ2n) is 13.3. The van der Waals surface area contributed by atoms with Gasteiger partial charge in [0.15, 0.2) is 0 Å². The van der Waals surface area contributed by atoms with E-state index in [1.165, 1.54) is 24.3 Å². The molecule has 52 heavy (non-hydrogen) atoms. The van der Waals surface area contributed by atoms with Crippen molar-refractivity contribution in [2.75, 3.05) is 60.0 Å². The number of likely N-dealkylation sites (N-methyl/N-ethyl adjacent to an activating group) is 1. The Morgan fingerprint density at radius 1 is 0.731 bits per heavy atom. The Morgan fingerprint density at radius 2 is 1.25 bits per heavy atom. The lowest BCUT2D eigenvalue weighted by atomic mass is 9.89. The van der Waals surface area contributed by atoms with Gasteiger partial charge in [-0.25, -0.2) is 17.6 Å². The fraction of sp³-hybridized carbons (Fsp3) is 0.310. The molecule has 1 fully saturated rings. The number of hydrogen-bond acceptors (Lipinski definition) is 5. The molecular weight excluding hydrogens is 670 g/mol. The van der Waals surface area contributed by atoms with E-state index in [1.807, 2.05) is 31.1 Å². The van der Waals surface area contributed by atoms with Crippen molar-refractivity contribution in [1.82, 2.24) is 15.1 Å². The molecule has 6 nitrogen and oxygen atoms in total. The number of amides is 1. The van der Waals surface area contributed by atoms with Crippen molar-refractivity contribution in [3.63, 3.8) is 0 Å². The Morgan fingerprint density at radius 3 is 1.79 bits per heavy atom. The van der Waals surface area contributed by atoms with Gasteiger partial charge in [0.25, 0.3) is 5.91 Å². The fourth-order valence-corrected chi connectivity index (χ4v) is 6.66. The molecular formula is C42H43F4N3O3. The largest absolute Gasteiger partial charge is 0.489 e. The van der Waals surface area contributed by atoms with Crippen molar-refractivity contribution >= 4 is 17.1 Å². The number of hydrogen-bond donors (Lipinski definition) is 1. The van der Waals surface area contributed by atoms with Gasteiger partial charge in [0.2, 0.25) is 0 Å². The Labute approximate surface area is 302 Å². The fourth-order valence-electron chi connectivity index (χ4n) is 6.66. The molecule has 0 unspecified atom stereocenters. The normalized spacial score (nSPS) is 15.1. The van der Waals surface area contributed by atoms with Crippen molar-refractivity contribution < 1.29 is 31.8 Å². The lowest BCUT2D eigenvalue weighted by molar-refractivity contribution is -0.126. The van der Waals surface area contributed by atoms with Crippen LogP contribution in [0.3, 0.4) is 0 Å². The summed E-state index contributed by atoms with van der Waals surface area (Å²) in [4.78, 5) is 17.0. The summed E-state index contributed by atoms with van der Waals surface area (Å²) in [6, 6.07) is 23.0. The van der Waals surface area contributed by atoms with Crippen molar-refractivity contribution in [2.45, 2.75) is 26.2 Å². The minimum Gasteiger partial charge on any atom is -0.489 e. The van der Waals surface area contributed by atoms with Crippen molar-refractivity contribution in [2.24, 2.45) is 0 Å². The van der Waals surface area contributed by atoms with Crippen LogP contribution in [0.25, 0.3) is 11.1 Å². The zero-order valence-electron chi connectivity index (χ0n) is 29.5. The molecule has 0 saturated carbocycles. The summed E-state index contributed by atoms with van der Waals surface area (Å²) in [5.74, 6) is 0.674. The summed E-state index contributed by atoms with van der Waals surface area (Å²) >= 11 is 0. The third kappa shape index (κ3) is 8.57. The predicted octanol–water partition coefficient (Wildman–Crippen LogP) is 7.75. The first-order valence-corrected chi connectivity index (χ1v) is 17.5. The number of alkyl halides is 2. The van der Waals surface area contributed by atoms with E-state index in [1.54, 1.807) is 48.5 Å². The highest BCUT2D eigenvalue weighted by Gasteiger charge is 2.30. The van der Waals surface area contributed by atoms with Gasteiger partial charge in [-0.15, -0.1) is 0 Å². The maximum absolute atomic E-state index is 13.4. The molecule has 3 heterocycles. The van der Waals surface area contributed by atoms with Gasteiger partial charge < -0.3 is 24.6 Å². The van der Waals surface area contributed by atoms with Crippen molar-refractivity contribution in [1.29, 1.82) is 0 Å². The summed E-state index contributed by atoms with van der Waals surface area (Å²) < 4.78 is 64.8. The van der Waals surface area contributed by atoms with Crippen molar-refractivity contribution in [3.05, 3.63) is 141 Å². The van der Waals surface area contributed by atoms with Gasteiger partial charge in [-0.05, 0) is 109 Å². The van der Waals surface area contributed by atoms with E-state index in [2.05, 4.69) is 10.2 Å². The molecule has 0 radical (unpaired) electrons. The smallest absolute Gasteiger partial charge is 0.253 e. The van der Waals surface area contributed by atoms with Gasteiger partial charge in [0.1, 0.15) is 49.7 Å². The maximum Gasteiger partial charge on any atom is 0.253 e. The number of carbonyl (C=O) groups is 1. The van der Waals surface area contributed by atoms with Gasteiger partial charge in [-0.3, -0.25) is 4.79 Å². The number of carbonyl (C=O) groups excluding carboxylic acids is 1. The summed E-state index contributed by atoms with van der Waals surface area (Å²) in [7, 11) is 4.06. The van der Waals surface area contributed by atoms with Gasteiger partial charge in [0.05, 0.1) is 5.57 Å². The zero-order valence-corrected chi connectivity index (χ0v) is 29.5. The highest BCUT2D eigenvalue weighted by molar-refractivity contribution is 6.06. The molecule has 1 saturated heterocycles. The van der Waals surface area contributed by atoms with Gasteiger partial charge in [0, 0.05) is 49.4 Å². The summed E-state index contributed by atoms with van der Waals surface area (Å²) in [5.41, 5.74) is 7.64. The van der Waals surface area contributed by atoms with Crippen LogP contribution >= 0.6 is 0 Å². The Hall–Kier alpha value is -4.93. The third-order valence-electron chi connectivity index (χ3n) is 9.36. The van der Waals surface area contributed by atoms with Crippen LogP contribution in [-0.2, 0) is 18.1 Å². The highest BCUT2D eigenvalue weighted by atomic mass is 19.1. The van der Waals surface area contributed by atoms with E-state index in [9.17, 15) is 22.4 Å². The zero-order chi connectivity index (χ0) is 36.6. The maximum atomic E-state index is 13.4. The molecule has 0 spiro atoms. The van der Waals surface area contributed by atoms with Crippen molar-refractivity contribution in [3.8, 4) is 11.5 Å². The number of benzene rings is 4. The van der Waals surface area contributed by atoms with E-state index in [4.69, 9.17) is 9.47 Å². The standard InChI is InChI=1S/C21H24F2N2O.C21H19F2NO2/c1-25(2)10-9-24-13-17-14-26-20-8-3-15(12-22)11-19(20)21(17)16-4-6-18(23)7-5-16;22-12-14-3-8-19-17(11-14)20(15-4-6-16(23)7-5-15)18(13-26-19)21(25)24-9-1-2-10-24/h3-8,11,24H,9-10,12-14H2,1-2H3;3-8,11H,1-2,9-10,12-13H2. The van der Waals surface area contributed by atoms with Gasteiger partial charge in [-0.2, -0.15) is 0 Å². The average molecular weight is 714 g/mol. The minimum atomic E-state index is -0.598. The number of fused-ring (bicyclic) bond motifs is 2. The average Bonchev–Trinajstić information content (AvgIpc) is 3.72. The monoisotopic (exact) mass is 713 g/mol. The molecule has 0 aromatic heterocycles. The van der Waals surface area contributed by atoms with Crippen LogP contribution in [0, 0.1) is 11.6 Å². The molecule has 272 valence electrons. The summed E-state index contributed by atoms with van der Waals surface area (Å²) in [6.45, 7) is 3.41. The lowest BCUT2D eigenvalue weighted by Gasteiger charge is -2.27. The second kappa shape index (κ2) is 17.1. The molecule has 0 atom stereocenters. The molecule has 3 aliphatic rings. The van der Waals surface area contributed by atoms with E-state index in [0.717, 1.165) is 72.6 Å². The minimum absolute atomic E-state index is 0.0573. The van der Waals surface area contributed by atoms with Crippen LogP contribution in [0.2, 0.25) is 0 Å². The Bertz CT molecular complexity index is 1940. The van der Waals surface area contributed by atoms with E-state index in [0.29, 0.717) is 46.7 Å². The first kappa shape index (κ1) is 36.8. The molecule has 0 bridgehead atoms. The Balaban J connectivity index is 0.000000179. The molecule has 3 aliphatic heterocycles. The Kier molecular flexibility index (Phi) is 12.1. The van der Waals surface area contributed by atoms with Crippen LogP contribution in [0.1, 0.15) is 46.2 Å². The summed E-state index contributed by atoms with van der Waals surface area (Å²) in [6.07, 6.45) is 1.99. The quantitative estimate of drug-likeness (QED) is 0.135. The molecule has 4 aromatic carbocycles. The molecule has 1 amide bonds. The van der Waals surface area contributed by atoms with Crippen LogP contribution in [0.4, 0.5) is 17.6 Å². The number of likely N-dealkylation sites (tertiary alicyclic amines) is 1. The van der Waals surface area contributed by atoms with E-state index >= 15 is 0 Å². The van der Waals surface area contributed by atoms with Crippen LogP contribution in [0.15, 0.2) is 96.1 Å². The molecule has 4 aromatic rings. The number of halogens is 4. The second-order valence-corrected chi connectivity index (χ2v) is 13.3. The number of nitrogens with zero attached hydrogens (tertiary/aromatic N) is 2. The molecule has 0 aliphatic carbocycles. The number of rotatable bonds is 10. The highest BCUT2D eigenvalue weighted by Crippen LogP contribution is 2.40.